The van der Waals surface area contributed by atoms with Crippen LogP contribution in [-0.4, -0.2) is 21.4 Å². The lowest BCUT2D eigenvalue weighted by Crippen LogP contribution is -2.15. The Kier molecular flexibility index (Phi) is 3.12. The van der Waals surface area contributed by atoms with Crippen LogP contribution in [0.15, 0.2) is 54.9 Å². The van der Waals surface area contributed by atoms with E-state index in [1.54, 1.807) is 6.20 Å². The third-order valence-electron chi connectivity index (χ3n) is 3.27. The smallest absolute Gasteiger partial charge is 0.138 e. The van der Waals surface area contributed by atoms with Crippen LogP contribution < -0.4 is 10.6 Å². The standard InChI is InChI=1S/C15H14N4S/c1-18(12-5-2-4-11(10-12)15(16)20)14-7-3-6-13-17-8-9-19(13)14/h2-10H,1H3,(H2,16,20). The highest BCUT2D eigenvalue weighted by atomic mass is 32.1. The zero-order valence-electron chi connectivity index (χ0n) is 11.0. The molecule has 4 nitrogen and oxygen atoms in total. The summed E-state index contributed by atoms with van der Waals surface area (Å²) in [5.74, 6) is 1.03. The first-order chi connectivity index (χ1) is 9.66. The van der Waals surface area contributed by atoms with Crippen LogP contribution in [0.5, 0.6) is 0 Å². The maximum atomic E-state index is 5.69. The Labute approximate surface area is 122 Å². The molecule has 0 fully saturated rings. The van der Waals surface area contributed by atoms with Gasteiger partial charge in [0.25, 0.3) is 0 Å². The van der Waals surface area contributed by atoms with Gasteiger partial charge in [0, 0.05) is 30.7 Å². The Morgan fingerprint density at radius 3 is 2.85 bits per heavy atom. The number of fused-ring (bicyclic) bond motifs is 1. The Morgan fingerprint density at radius 1 is 1.25 bits per heavy atom. The number of nitrogens with two attached hydrogens (primary N) is 1. The van der Waals surface area contributed by atoms with E-state index in [4.69, 9.17) is 18.0 Å². The number of rotatable bonds is 3. The van der Waals surface area contributed by atoms with Crippen molar-refractivity contribution in [1.29, 1.82) is 0 Å². The van der Waals surface area contributed by atoms with Crippen LogP contribution >= 0.6 is 12.2 Å². The predicted octanol–water partition coefficient (Wildman–Crippen LogP) is 2.74. The van der Waals surface area contributed by atoms with Crippen molar-refractivity contribution in [1.82, 2.24) is 9.38 Å². The molecule has 5 heteroatoms. The third kappa shape index (κ3) is 2.12. The van der Waals surface area contributed by atoms with Gasteiger partial charge in [-0.2, -0.15) is 0 Å². The molecule has 0 unspecified atom stereocenters. The summed E-state index contributed by atoms with van der Waals surface area (Å²) in [5, 5.41) is 0. The Balaban J connectivity index is 2.08. The average Bonchev–Trinajstić information content (AvgIpc) is 2.95. The summed E-state index contributed by atoms with van der Waals surface area (Å²) in [7, 11) is 2.01. The number of aromatic nitrogens is 2. The van der Waals surface area contributed by atoms with Crippen molar-refractivity contribution in [2.45, 2.75) is 0 Å². The van der Waals surface area contributed by atoms with Gasteiger partial charge < -0.3 is 10.6 Å². The largest absolute Gasteiger partial charge is 0.389 e. The van der Waals surface area contributed by atoms with Crippen molar-refractivity contribution >= 4 is 34.4 Å². The fraction of sp³-hybridized carbons (Fsp3) is 0.0667. The minimum Gasteiger partial charge on any atom is -0.389 e. The molecule has 100 valence electrons. The summed E-state index contributed by atoms with van der Waals surface area (Å²) in [6.45, 7) is 0. The molecule has 0 amide bonds. The quantitative estimate of drug-likeness (QED) is 0.750. The van der Waals surface area contributed by atoms with E-state index in [0.29, 0.717) is 4.99 Å². The number of pyridine rings is 1. The maximum absolute atomic E-state index is 5.69. The fourth-order valence-electron chi connectivity index (χ4n) is 2.21. The van der Waals surface area contributed by atoms with Gasteiger partial charge in [0.2, 0.25) is 0 Å². The second-order valence-electron chi connectivity index (χ2n) is 4.51. The number of anilines is 2. The highest BCUT2D eigenvalue weighted by Crippen LogP contribution is 2.24. The summed E-state index contributed by atoms with van der Waals surface area (Å²) >= 11 is 5.03. The van der Waals surface area contributed by atoms with Crippen molar-refractivity contribution in [2.24, 2.45) is 5.73 Å². The summed E-state index contributed by atoms with van der Waals surface area (Å²) < 4.78 is 2.04. The monoisotopic (exact) mass is 282 g/mol. The van der Waals surface area contributed by atoms with Crippen LogP contribution in [0.3, 0.4) is 0 Å². The summed E-state index contributed by atoms with van der Waals surface area (Å²) in [6.07, 6.45) is 3.73. The Bertz CT molecular complexity index is 778. The number of hydrogen-bond acceptors (Lipinski definition) is 3. The molecular weight excluding hydrogens is 268 g/mol. The summed E-state index contributed by atoms with van der Waals surface area (Å²) in [4.78, 5) is 6.78. The van der Waals surface area contributed by atoms with Crippen molar-refractivity contribution < 1.29 is 0 Å². The topological polar surface area (TPSA) is 46.6 Å². The van der Waals surface area contributed by atoms with Gasteiger partial charge in [-0.1, -0.05) is 30.4 Å². The van der Waals surface area contributed by atoms with Crippen molar-refractivity contribution in [3.05, 3.63) is 60.4 Å². The molecule has 0 radical (unpaired) electrons. The molecule has 2 aromatic heterocycles. The van der Waals surface area contributed by atoms with Crippen molar-refractivity contribution in [3.63, 3.8) is 0 Å². The Morgan fingerprint density at radius 2 is 2.05 bits per heavy atom. The number of nitrogens with zero attached hydrogens (tertiary/aromatic N) is 3. The average molecular weight is 282 g/mol. The van der Waals surface area contributed by atoms with Crippen molar-refractivity contribution in [3.8, 4) is 0 Å². The second-order valence-corrected chi connectivity index (χ2v) is 4.95. The van der Waals surface area contributed by atoms with E-state index >= 15 is 0 Å². The van der Waals surface area contributed by atoms with Crippen LogP contribution in [0.2, 0.25) is 0 Å². The summed E-state index contributed by atoms with van der Waals surface area (Å²) in [5.41, 5.74) is 8.50. The van der Waals surface area contributed by atoms with Gasteiger partial charge in [-0.25, -0.2) is 4.98 Å². The van der Waals surface area contributed by atoms with E-state index in [2.05, 4.69) is 9.88 Å². The highest BCUT2D eigenvalue weighted by Gasteiger charge is 2.09. The van der Waals surface area contributed by atoms with E-state index in [9.17, 15) is 0 Å². The fourth-order valence-corrected chi connectivity index (χ4v) is 2.33. The lowest BCUT2D eigenvalue weighted by atomic mass is 10.2. The van der Waals surface area contributed by atoms with Gasteiger partial charge in [-0.05, 0) is 24.3 Å². The minimum atomic E-state index is 0.404. The molecule has 2 N–H and O–H groups in total. The number of thiocarbonyl (C=S) groups is 1. The maximum Gasteiger partial charge on any atom is 0.138 e. The molecule has 0 saturated heterocycles. The molecule has 0 saturated carbocycles. The first-order valence-corrected chi connectivity index (χ1v) is 6.63. The minimum absolute atomic E-state index is 0.404. The van der Waals surface area contributed by atoms with E-state index in [-0.39, 0.29) is 0 Å². The highest BCUT2D eigenvalue weighted by molar-refractivity contribution is 7.80. The normalized spacial score (nSPS) is 10.7. The Hall–Kier alpha value is -2.40. The van der Waals surface area contributed by atoms with Gasteiger partial charge in [-0.15, -0.1) is 0 Å². The molecule has 0 aliphatic carbocycles. The van der Waals surface area contributed by atoms with Crippen LogP contribution in [0.1, 0.15) is 5.56 Å². The predicted molar refractivity (Wildman–Crippen MR) is 85.6 cm³/mol. The van der Waals surface area contributed by atoms with Crippen LogP contribution in [0.4, 0.5) is 11.5 Å². The van der Waals surface area contributed by atoms with Crippen molar-refractivity contribution in [2.75, 3.05) is 11.9 Å². The van der Waals surface area contributed by atoms with Gasteiger partial charge in [0.05, 0.1) is 0 Å². The summed E-state index contributed by atoms with van der Waals surface area (Å²) in [6, 6.07) is 13.9. The van der Waals surface area contributed by atoms with Crippen LogP contribution in [0, 0.1) is 0 Å². The van der Waals surface area contributed by atoms with Crippen LogP contribution in [0.25, 0.3) is 5.65 Å². The zero-order chi connectivity index (χ0) is 14.1. The van der Waals surface area contributed by atoms with Gasteiger partial charge in [0.1, 0.15) is 16.5 Å². The first kappa shape index (κ1) is 12.6. The molecule has 0 bridgehead atoms. The SMILES string of the molecule is CN(c1cccc(C(N)=S)c1)c1cccc2nccn12. The molecule has 0 atom stereocenters. The molecule has 0 aliphatic heterocycles. The molecule has 20 heavy (non-hydrogen) atoms. The molecule has 1 aromatic carbocycles. The number of hydrogen-bond donors (Lipinski definition) is 1. The molecule has 2 heterocycles. The van der Waals surface area contributed by atoms with Gasteiger partial charge in [0.15, 0.2) is 0 Å². The van der Waals surface area contributed by atoms with Gasteiger partial charge >= 0.3 is 0 Å². The van der Waals surface area contributed by atoms with Gasteiger partial charge in [-0.3, -0.25) is 4.40 Å². The number of benzene rings is 1. The lowest BCUT2D eigenvalue weighted by Gasteiger charge is -2.21. The first-order valence-electron chi connectivity index (χ1n) is 6.22. The molecule has 0 spiro atoms. The van der Waals surface area contributed by atoms with E-state index in [1.807, 2.05) is 60.1 Å². The molecule has 0 aliphatic rings. The van der Waals surface area contributed by atoms with E-state index < -0.39 is 0 Å². The van der Waals surface area contributed by atoms with Crippen LogP contribution in [-0.2, 0) is 0 Å². The molecule has 3 aromatic rings. The van der Waals surface area contributed by atoms with E-state index in [1.165, 1.54) is 0 Å². The third-order valence-corrected chi connectivity index (χ3v) is 3.50. The lowest BCUT2D eigenvalue weighted by molar-refractivity contribution is 1.07. The number of imidazole rings is 1. The zero-order valence-corrected chi connectivity index (χ0v) is 11.8. The van der Waals surface area contributed by atoms with E-state index in [0.717, 1.165) is 22.7 Å². The molecular formula is C15H14N4S. The molecule has 3 rings (SSSR count). The second kappa shape index (κ2) is 4.94.